The Labute approximate surface area is 136 Å². The number of nitrogens with zero attached hydrogens (tertiary/aromatic N) is 2. The van der Waals surface area contributed by atoms with Crippen LogP contribution in [0.4, 0.5) is 13.2 Å². The fourth-order valence-electron chi connectivity index (χ4n) is 2.08. The van der Waals surface area contributed by atoms with Gasteiger partial charge in [-0.05, 0) is 12.1 Å². The summed E-state index contributed by atoms with van der Waals surface area (Å²) in [5.74, 6) is -0.886. The number of rotatable bonds is 4. The van der Waals surface area contributed by atoms with E-state index in [1.54, 1.807) is 24.3 Å². The SMILES string of the molecule is CN(C)C(=O)CN(CC(F)(F)F)C(=O)C1COc2ccccc2O1. The highest BCUT2D eigenvalue weighted by molar-refractivity contribution is 5.87. The van der Waals surface area contributed by atoms with Gasteiger partial charge in [-0.1, -0.05) is 12.1 Å². The molecule has 0 aliphatic carbocycles. The van der Waals surface area contributed by atoms with E-state index in [4.69, 9.17) is 9.47 Å². The highest BCUT2D eigenvalue weighted by atomic mass is 19.4. The molecular formula is C15H17F3N2O4. The van der Waals surface area contributed by atoms with Crippen molar-refractivity contribution in [2.24, 2.45) is 0 Å². The zero-order chi connectivity index (χ0) is 17.9. The number of carbonyl (C=O) groups excluding carboxylic acids is 2. The molecule has 1 aromatic carbocycles. The second-order valence-electron chi connectivity index (χ2n) is 5.46. The van der Waals surface area contributed by atoms with Gasteiger partial charge in [0.25, 0.3) is 5.91 Å². The molecule has 0 radical (unpaired) electrons. The summed E-state index contributed by atoms with van der Waals surface area (Å²) >= 11 is 0. The molecule has 0 fully saturated rings. The number of ether oxygens (including phenoxy) is 2. The van der Waals surface area contributed by atoms with Crippen LogP contribution in [0.5, 0.6) is 11.5 Å². The Morgan fingerprint density at radius 3 is 2.42 bits per heavy atom. The Hall–Kier alpha value is -2.45. The molecule has 132 valence electrons. The van der Waals surface area contributed by atoms with Gasteiger partial charge in [-0.3, -0.25) is 9.59 Å². The van der Waals surface area contributed by atoms with E-state index >= 15 is 0 Å². The summed E-state index contributed by atoms with van der Waals surface area (Å²) in [7, 11) is 2.80. The Balaban J connectivity index is 2.14. The maximum absolute atomic E-state index is 12.7. The molecule has 0 aromatic heterocycles. The molecule has 0 spiro atoms. The van der Waals surface area contributed by atoms with Gasteiger partial charge in [-0.2, -0.15) is 13.2 Å². The van der Waals surface area contributed by atoms with Gasteiger partial charge in [-0.15, -0.1) is 0 Å². The number of hydrogen-bond donors (Lipinski definition) is 0. The van der Waals surface area contributed by atoms with Crippen LogP contribution < -0.4 is 9.47 Å². The minimum atomic E-state index is -4.63. The molecule has 1 heterocycles. The number of likely N-dealkylation sites (N-methyl/N-ethyl adjacent to an activating group) is 1. The zero-order valence-corrected chi connectivity index (χ0v) is 13.2. The summed E-state index contributed by atoms with van der Waals surface area (Å²) in [4.78, 5) is 25.7. The third-order valence-electron chi connectivity index (χ3n) is 3.29. The second-order valence-corrected chi connectivity index (χ2v) is 5.46. The van der Waals surface area contributed by atoms with Gasteiger partial charge >= 0.3 is 6.18 Å². The molecule has 1 atom stereocenters. The molecule has 2 rings (SSSR count). The lowest BCUT2D eigenvalue weighted by molar-refractivity contribution is -0.169. The molecule has 2 amide bonds. The lowest BCUT2D eigenvalue weighted by Crippen LogP contribution is -2.52. The van der Waals surface area contributed by atoms with Crippen molar-refractivity contribution in [3.63, 3.8) is 0 Å². The van der Waals surface area contributed by atoms with Gasteiger partial charge in [-0.25, -0.2) is 0 Å². The predicted molar refractivity (Wildman–Crippen MR) is 77.7 cm³/mol. The molecule has 0 saturated heterocycles. The van der Waals surface area contributed by atoms with Crippen LogP contribution in [0.25, 0.3) is 0 Å². The summed E-state index contributed by atoms with van der Waals surface area (Å²) in [5.41, 5.74) is 0. The number of alkyl halides is 3. The number of amides is 2. The smallest absolute Gasteiger partial charge is 0.406 e. The lowest BCUT2D eigenvalue weighted by Gasteiger charge is -2.31. The third-order valence-corrected chi connectivity index (χ3v) is 3.29. The molecule has 0 bridgehead atoms. The first kappa shape index (κ1) is 17.9. The van der Waals surface area contributed by atoms with Crippen molar-refractivity contribution in [2.75, 3.05) is 33.8 Å². The van der Waals surface area contributed by atoms with E-state index in [9.17, 15) is 22.8 Å². The number of para-hydroxylation sites is 2. The van der Waals surface area contributed by atoms with Crippen molar-refractivity contribution in [3.8, 4) is 11.5 Å². The molecule has 1 aromatic rings. The molecule has 6 nitrogen and oxygen atoms in total. The van der Waals surface area contributed by atoms with Gasteiger partial charge in [0.15, 0.2) is 11.5 Å². The molecule has 9 heteroatoms. The fraction of sp³-hybridized carbons (Fsp3) is 0.467. The largest absolute Gasteiger partial charge is 0.485 e. The highest BCUT2D eigenvalue weighted by Crippen LogP contribution is 2.31. The first-order chi connectivity index (χ1) is 11.2. The van der Waals surface area contributed by atoms with Crippen molar-refractivity contribution in [2.45, 2.75) is 12.3 Å². The van der Waals surface area contributed by atoms with Gasteiger partial charge in [0.2, 0.25) is 12.0 Å². The Kier molecular flexibility index (Phi) is 5.20. The number of hydrogen-bond acceptors (Lipinski definition) is 4. The average molecular weight is 346 g/mol. The minimum absolute atomic E-state index is 0.222. The number of benzene rings is 1. The molecule has 1 aliphatic heterocycles. The van der Waals surface area contributed by atoms with Crippen molar-refractivity contribution >= 4 is 11.8 Å². The minimum Gasteiger partial charge on any atom is -0.485 e. The van der Waals surface area contributed by atoms with Gasteiger partial charge < -0.3 is 19.3 Å². The average Bonchev–Trinajstić information content (AvgIpc) is 2.51. The molecule has 0 N–H and O–H groups in total. The van der Waals surface area contributed by atoms with E-state index in [1.165, 1.54) is 14.1 Å². The van der Waals surface area contributed by atoms with Crippen LogP contribution in [0.3, 0.4) is 0 Å². The van der Waals surface area contributed by atoms with Gasteiger partial charge in [0, 0.05) is 14.1 Å². The normalized spacial score (nSPS) is 16.5. The van der Waals surface area contributed by atoms with E-state index in [-0.39, 0.29) is 12.4 Å². The van der Waals surface area contributed by atoms with Gasteiger partial charge in [0.05, 0.1) is 0 Å². The summed E-state index contributed by atoms with van der Waals surface area (Å²) in [6.45, 7) is -2.44. The van der Waals surface area contributed by atoms with Crippen LogP contribution in [-0.4, -0.2) is 67.7 Å². The van der Waals surface area contributed by atoms with Crippen LogP contribution in [0.1, 0.15) is 0 Å². The summed E-state index contributed by atoms with van der Waals surface area (Å²) in [6, 6.07) is 6.53. The van der Waals surface area contributed by atoms with E-state index < -0.39 is 37.2 Å². The van der Waals surface area contributed by atoms with E-state index in [2.05, 4.69) is 0 Å². The van der Waals surface area contributed by atoms with Gasteiger partial charge in [0.1, 0.15) is 19.7 Å². The van der Waals surface area contributed by atoms with Crippen LogP contribution in [0, 0.1) is 0 Å². The maximum Gasteiger partial charge on any atom is 0.406 e. The Morgan fingerprint density at radius 1 is 1.21 bits per heavy atom. The summed E-state index contributed by atoms with van der Waals surface area (Å²) in [5, 5.41) is 0. The number of halogens is 3. The zero-order valence-electron chi connectivity index (χ0n) is 13.2. The quantitative estimate of drug-likeness (QED) is 0.825. The Morgan fingerprint density at radius 2 is 1.83 bits per heavy atom. The monoisotopic (exact) mass is 346 g/mol. The first-order valence-corrected chi connectivity index (χ1v) is 7.11. The number of carbonyl (C=O) groups is 2. The Bertz CT molecular complexity index is 619. The fourth-order valence-corrected chi connectivity index (χ4v) is 2.08. The van der Waals surface area contributed by atoms with Crippen molar-refractivity contribution < 1.29 is 32.2 Å². The standard InChI is InChI=1S/C15H17F3N2O4/c1-19(2)13(21)7-20(9-15(16,17)18)14(22)12-8-23-10-5-3-4-6-11(10)24-12/h3-6,12H,7-9H2,1-2H3. The van der Waals surface area contributed by atoms with Crippen LogP contribution in [-0.2, 0) is 9.59 Å². The van der Waals surface area contributed by atoms with E-state index in [0.717, 1.165) is 4.90 Å². The molecule has 24 heavy (non-hydrogen) atoms. The molecule has 1 unspecified atom stereocenters. The first-order valence-electron chi connectivity index (χ1n) is 7.11. The van der Waals surface area contributed by atoms with Crippen LogP contribution >= 0.6 is 0 Å². The number of fused-ring (bicyclic) bond motifs is 1. The molecule has 0 saturated carbocycles. The summed E-state index contributed by atoms with van der Waals surface area (Å²) in [6.07, 6.45) is -5.87. The van der Waals surface area contributed by atoms with Crippen LogP contribution in [0.2, 0.25) is 0 Å². The predicted octanol–water partition coefficient (Wildman–Crippen LogP) is 1.31. The van der Waals surface area contributed by atoms with Crippen molar-refractivity contribution in [1.29, 1.82) is 0 Å². The van der Waals surface area contributed by atoms with Crippen molar-refractivity contribution in [1.82, 2.24) is 9.80 Å². The van der Waals surface area contributed by atoms with Crippen molar-refractivity contribution in [3.05, 3.63) is 24.3 Å². The maximum atomic E-state index is 12.7. The third kappa shape index (κ3) is 4.53. The second kappa shape index (κ2) is 6.98. The highest BCUT2D eigenvalue weighted by Gasteiger charge is 2.38. The van der Waals surface area contributed by atoms with E-state index in [1.807, 2.05) is 0 Å². The molecular weight excluding hydrogens is 329 g/mol. The van der Waals surface area contributed by atoms with E-state index in [0.29, 0.717) is 10.6 Å². The van der Waals surface area contributed by atoms with Crippen LogP contribution in [0.15, 0.2) is 24.3 Å². The lowest BCUT2D eigenvalue weighted by atomic mass is 10.2. The molecule has 1 aliphatic rings. The topological polar surface area (TPSA) is 59.1 Å². The summed E-state index contributed by atoms with van der Waals surface area (Å²) < 4.78 is 49.0.